The van der Waals surface area contributed by atoms with Gasteiger partial charge >= 0.3 is 18.4 Å². The number of benzene rings is 2. The number of urea groups is 1. The summed E-state index contributed by atoms with van der Waals surface area (Å²) < 4.78 is 94.4. The van der Waals surface area contributed by atoms with Gasteiger partial charge in [-0.25, -0.2) is 9.18 Å². The molecule has 3 amide bonds. The molecule has 42 heavy (non-hydrogen) atoms. The molecular formula is C28H30ClF7N4O2. The van der Waals surface area contributed by atoms with Crippen LogP contribution in [-0.4, -0.2) is 60.0 Å². The van der Waals surface area contributed by atoms with Gasteiger partial charge in [-0.05, 0) is 61.6 Å². The number of carbonyl (C=O) groups is 2. The lowest BCUT2D eigenvalue weighted by Gasteiger charge is -2.30. The number of rotatable bonds is 4. The maximum Gasteiger partial charge on any atom is 0.416 e. The Labute approximate surface area is 244 Å². The first-order valence-corrected chi connectivity index (χ1v) is 13.4. The Kier molecular flexibility index (Phi) is 9.03. The molecule has 1 saturated carbocycles. The fraction of sp³-hybridized carbons (Fsp3) is 0.500. The number of likely N-dealkylation sites (tertiary alicyclic amines) is 1. The van der Waals surface area contributed by atoms with Gasteiger partial charge in [-0.15, -0.1) is 12.4 Å². The summed E-state index contributed by atoms with van der Waals surface area (Å²) in [5.74, 6) is -1.20. The molecule has 14 heteroatoms. The predicted molar refractivity (Wildman–Crippen MR) is 143 cm³/mol. The summed E-state index contributed by atoms with van der Waals surface area (Å²) in [6.45, 7) is 0.264. The third-order valence-corrected chi connectivity index (χ3v) is 8.35. The van der Waals surface area contributed by atoms with E-state index in [1.165, 1.54) is 17.0 Å². The van der Waals surface area contributed by atoms with Gasteiger partial charge in [-0.2, -0.15) is 26.3 Å². The van der Waals surface area contributed by atoms with Crippen LogP contribution in [0.5, 0.6) is 0 Å². The summed E-state index contributed by atoms with van der Waals surface area (Å²) in [5.41, 5.74) is 3.11. The SMILES string of the molecule is Cl.NC1CCC(C(=O)N2C[C@@H](N3CCN(c4cc(C(F)(F)F)cc(C(F)(F)F)c4)C3=O)[C@H](c3ccc(F)cc3)C2)CC1. The number of carbonyl (C=O) groups excluding carboxylic acids is 2. The first kappa shape index (κ1) is 31.9. The fourth-order valence-electron chi connectivity index (χ4n) is 6.14. The van der Waals surface area contributed by atoms with E-state index in [1.807, 2.05) is 0 Å². The Hall–Kier alpha value is -3.06. The van der Waals surface area contributed by atoms with Crippen LogP contribution in [0.3, 0.4) is 0 Å². The van der Waals surface area contributed by atoms with Crippen molar-refractivity contribution < 1.29 is 40.3 Å². The molecule has 3 fully saturated rings. The average Bonchev–Trinajstić information content (AvgIpc) is 3.51. The molecule has 2 heterocycles. The number of amides is 3. The van der Waals surface area contributed by atoms with Gasteiger partial charge in [0.25, 0.3) is 0 Å². The van der Waals surface area contributed by atoms with Crippen molar-refractivity contribution in [2.75, 3.05) is 31.1 Å². The van der Waals surface area contributed by atoms with E-state index >= 15 is 0 Å². The standard InChI is InChI=1S/C28H29F7N4O2.ClH/c29-20-5-1-16(2-6-20)23-14-37(25(40)17-3-7-21(36)8-4-17)15-24(23)39-10-9-38(26(39)41)22-12-18(27(30,31)32)11-19(13-22)28(33,34)35;/h1-2,5-6,11-13,17,21,23-24H,3-4,7-10,14-15,36H2;1H/t17?,21?,23-,24+;/m0./s1. The molecule has 0 radical (unpaired) electrons. The van der Waals surface area contributed by atoms with E-state index in [-0.39, 0.29) is 62.5 Å². The van der Waals surface area contributed by atoms with Crippen molar-refractivity contribution in [2.24, 2.45) is 11.7 Å². The van der Waals surface area contributed by atoms with Crippen LogP contribution in [0.1, 0.15) is 48.3 Å². The zero-order valence-corrected chi connectivity index (χ0v) is 23.1. The second kappa shape index (κ2) is 11.9. The van der Waals surface area contributed by atoms with E-state index in [1.54, 1.807) is 17.0 Å². The quantitative estimate of drug-likeness (QED) is 0.423. The molecule has 0 unspecified atom stereocenters. The summed E-state index contributed by atoms with van der Waals surface area (Å²) in [4.78, 5) is 31.0. The lowest BCUT2D eigenvalue weighted by molar-refractivity contribution is -0.143. The Balaban J connectivity index is 0.00000405. The summed E-state index contributed by atoms with van der Waals surface area (Å²) in [6.07, 6.45) is -7.41. The van der Waals surface area contributed by atoms with Crippen molar-refractivity contribution in [1.82, 2.24) is 9.80 Å². The highest BCUT2D eigenvalue weighted by Gasteiger charge is 2.46. The first-order valence-electron chi connectivity index (χ1n) is 13.4. The van der Waals surface area contributed by atoms with Crippen LogP contribution in [0.15, 0.2) is 42.5 Å². The number of halogens is 8. The molecule has 2 saturated heterocycles. The summed E-state index contributed by atoms with van der Waals surface area (Å²) in [6, 6.07) is 5.40. The fourth-order valence-corrected chi connectivity index (χ4v) is 6.14. The molecule has 2 aromatic carbocycles. The van der Waals surface area contributed by atoms with Crippen LogP contribution in [0.25, 0.3) is 0 Å². The predicted octanol–water partition coefficient (Wildman–Crippen LogP) is 6.04. The van der Waals surface area contributed by atoms with E-state index in [4.69, 9.17) is 5.73 Å². The Bertz CT molecular complexity index is 1260. The highest BCUT2D eigenvalue weighted by Crippen LogP contribution is 2.41. The van der Waals surface area contributed by atoms with E-state index in [2.05, 4.69) is 0 Å². The van der Waals surface area contributed by atoms with E-state index < -0.39 is 53.0 Å². The van der Waals surface area contributed by atoms with E-state index in [9.17, 15) is 40.3 Å². The van der Waals surface area contributed by atoms with Gasteiger partial charge in [0.2, 0.25) is 5.91 Å². The normalized spacial score (nSPS) is 25.1. The zero-order valence-electron chi connectivity index (χ0n) is 22.3. The van der Waals surface area contributed by atoms with E-state index in [0.29, 0.717) is 43.4 Å². The number of nitrogens with zero attached hydrogens (tertiary/aromatic N) is 3. The van der Waals surface area contributed by atoms with Crippen molar-refractivity contribution >= 4 is 30.0 Å². The smallest absolute Gasteiger partial charge is 0.340 e. The van der Waals surface area contributed by atoms with Crippen LogP contribution in [0.2, 0.25) is 0 Å². The van der Waals surface area contributed by atoms with Crippen molar-refractivity contribution in [3.8, 4) is 0 Å². The zero-order chi connectivity index (χ0) is 29.7. The number of hydrogen-bond donors (Lipinski definition) is 1. The molecule has 3 aliphatic rings. The van der Waals surface area contributed by atoms with Crippen LogP contribution in [0, 0.1) is 11.7 Å². The minimum absolute atomic E-state index is 0. The second-order valence-corrected chi connectivity index (χ2v) is 11.0. The summed E-state index contributed by atoms with van der Waals surface area (Å²) in [7, 11) is 0. The largest absolute Gasteiger partial charge is 0.416 e. The molecule has 2 aliphatic heterocycles. The van der Waals surface area contributed by atoms with Gasteiger partial charge in [0.1, 0.15) is 5.82 Å². The lowest BCUT2D eigenvalue weighted by atomic mass is 9.85. The number of nitrogens with two attached hydrogens (primary N) is 1. The molecule has 2 aromatic rings. The van der Waals surface area contributed by atoms with Crippen LogP contribution in [-0.2, 0) is 17.1 Å². The third kappa shape index (κ3) is 6.46. The molecule has 230 valence electrons. The van der Waals surface area contributed by atoms with Crippen molar-refractivity contribution in [2.45, 2.75) is 56.0 Å². The van der Waals surface area contributed by atoms with Crippen molar-refractivity contribution in [3.63, 3.8) is 0 Å². The van der Waals surface area contributed by atoms with Gasteiger partial charge in [-0.1, -0.05) is 12.1 Å². The van der Waals surface area contributed by atoms with Crippen LogP contribution >= 0.6 is 12.4 Å². The average molecular weight is 623 g/mol. The lowest BCUT2D eigenvalue weighted by Crippen LogP contribution is -2.44. The topological polar surface area (TPSA) is 69.9 Å². The monoisotopic (exact) mass is 622 g/mol. The van der Waals surface area contributed by atoms with Gasteiger partial charge in [0.15, 0.2) is 0 Å². The van der Waals surface area contributed by atoms with Crippen LogP contribution < -0.4 is 10.6 Å². The third-order valence-electron chi connectivity index (χ3n) is 8.35. The first-order chi connectivity index (χ1) is 19.2. The van der Waals surface area contributed by atoms with Gasteiger partial charge in [0, 0.05) is 49.7 Å². The van der Waals surface area contributed by atoms with E-state index in [0.717, 1.165) is 4.90 Å². The van der Waals surface area contributed by atoms with Crippen LogP contribution in [0.4, 0.5) is 41.2 Å². The highest BCUT2D eigenvalue weighted by atomic mass is 35.5. The van der Waals surface area contributed by atoms with Gasteiger partial charge < -0.3 is 15.5 Å². The minimum atomic E-state index is -5.05. The Morgan fingerprint density at radius 1 is 0.833 bits per heavy atom. The molecule has 0 bridgehead atoms. The highest BCUT2D eigenvalue weighted by molar-refractivity contribution is 5.95. The Morgan fingerprint density at radius 3 is 1.95 bits per heavy atom. The molecule has 2 N–H and O–H groups in total. The minimum Gasteiger partial charge on any atom is -0.340 e. The number of hydrogen-bond acceptors (Lipinski definition) is 3. The molecule has 0 spiro atoms. The number of anilines is 1. The van der Waals surface area contributed by atoms with Crippen molar-refractivity contribution in [3.05, 3.63) is 65.0 Å². The molecule has 5 rings (SSSR count). The van der Waals surface area contributed by atoms with Crippen molar-refractivity contribution in [1.29, 1.82) is 0 Å². The maximum atomic E-state index is 13.7. The number of alkyl halides is 6. The maximum absolute atomic E-state index is 13.7. The summed E-state index contributed by atoms with van der Waals surface area (Å²) >= 11 is 0. The molecular weight excluding hydrogens is 593 g/mol. The molecule has 1 aliphatic carbocycles. The molecule has 6 nitrogen and oxygen atoms in total. The molecule has 2 atom stereocenters. The van der Waals surface area contributed by atoms with Gasteiger partial charge in [-0.3, -0.25) is 9.69 Å². The Morgan fingerprint density at radius 2 is 1.40 bits per heavy atom. The summed E-state index contributed by atoms with van der Waals surface area (Å²) in [5, 5.41) is 0. The second-order valence-electron chi connectivity index (χ2n) is 11.0. The molecule has 0 aromatic heterocycles. The van der Waals surface area contributed by atoms with Gasteiger partial charge in [0.05, 0.1) is 17.2 Å².